The zero-order chi connectivity index (χ0) is 15.6. The van der Waals surface area contributed by atoms with Crippen LogP contribution in [0.25, 0.3) is 0 Å². The molecule has 1 amide bonds. The SMILES string of the molecule is Cc1cc(Cl)c(NC(=O)Cn2cc(N)ccc2=O)cc1Cl. The van der Waals surface area contributed by atoms with Crippen molar-refractivity contribution in [3.63, 3.8) is 0 Å². The molecule has 0 bridgehead atoms. The molecule has 0 fully saturated rings. The van der Waals surface area contributed by atoms with Crippen molar-refractivity contribution in [2.45, 2.75) is 13.5 Å². The highest BCUT2D eigenvalue weighted by Gasteiger charge is 2.10. The van der Waals surface area contributed by atoms with Gasteiger partial charge in [-0.25, -0.2) is 0 Å². The van der Waals surface area contributed by atoms with Gasteiger partial charge in [0.2, 0.25) is 5.91 Å². The van der Waals surface area contributed by atoms with Crippen molar-refractivity contribution >= 4 is 40.5 Å². The Morgan fingerprint density at radius 1 is 1.29 bits per heavy atom. The molecule has 0 spiro atoms. The van der Waals surface area contributed by atoms with E-state index in [-0.39, 0.29) is 12.1 Å². The Morgan fingerprint density at radius 3 is 2.71 bits per heavy atom. The molecule has 2 aromatic rings. The summed E-state index contributed by atoms with van der Waals surface area (Å²) in [4.78, 5) is 23.6. The molecular formula is C14H13Cl2N3O2. The molecule has 0 saturated carbocycles. The number of amides is 1. The predicted octanol–water partition coefficient (Wildman–Crippen LogP) is 2.68. The molecule has 1 heterocycles. The first-order valence-corrected chi connectivity index (χ1v) is 6.84. The number of pyridine rings is 1. The first kappa shape index (κ1) is 15.4. The van der Waals surface area contributed by atoms with Crippen molar-refractivity contribution in [3.8, 4) is 0 Å². The molecule has 1 aromatic heterocycles. The van der Waals surface area contributed by atoms with Gasteiger partial charge in [0, 0.05) is 23.0 Å². The lowest BCUT2D eigenvalue weighted by Gasteiger charge is -2.10. The number of benzene rings is 1. The van der Waals surface area contributed by atoms with Crippen LogP contribution in [0.5, 0.6) is 0 Å². The molecular weight excluding hydrogens is 313 g/mol. The highest BCUT2D eigenvalue weighted by molar-refractivity contribution is 6.36. The molecule has 0 aliphatic heterocycles. The minimum absolute atomic E-state index is 0.161. The van der Waals surface area contributed by atoms with Crippen molar-refractivity contribution in [2.75, 3.05) is 11.1 Å². The molecule has 0 aliphatic rings. The van der Waals surface area contributed by atoms with Gasteiger partial charge in [0.15, 0.2) is 0 Å². The second-order valence-corrected chi connectivity index (χ2v) is 5.37. The summed E-state index contributed by atoms with van der Waals surface area (Å²) >= 11 is 12.0. The zero-order valence-electron chi connectivity index (χ0n) is 11.2. The summed E-state index contributed by atoms with van der Waals surface area (Å²) in [5.41, 5.74) is 6.88. The van der Waals surface area contributed by atoms with Crippen LogP contribution in [0.4, 0.5) is 11.4 Å². The summed E-state index contributed by atoms with van der Waals surface area (Å²) in [7, 11) is 0. The third-order valence-electron chi connectivity index (χ3n) is 2.84. The summed E-state index contributed by atoms with van der Waals surface area (Å²) in [5.74, 6) is -0.399. The van der Waals surface area contributed by atoms with Crippen LogP contribution in [-0.4, -0.2) is 10.5 Å². The molecule has 0 aliphatic carbocycles. The normalized spacial score (nSPS) is 10.4. The van der Waals surface area contributed by atoms with Crippen molar-refractivity contribution < 1.29 is 4.79 Å². The second kappa shape index (κ2) is 6.20. The molecule has 0 unspecified atom stereocenters. The zero-order valence-corrected chi connectivity index (χ0v) is 12.7. The van der Waals surface area contributed by atoms with Gasteiger partial charge in [0.1, 0.15) is 6.54 Å². The van der Waals surface area contributed by atoms with Gasteiger partial charge in [-0.05, 0) is 30.7 Å². The molecule has 0 saturated heterocycles. The van der Waals surface area contributed by atoms with E-state index in [2.05, 4.69) is 5.32 Å². The van der Waals surface area contributed by atoms with Crippen LogP contribution in [0, 0.1) is 6.92 Å². The quantitative estimate of drug-likeness (QED) is 0.910. The van der Waals surface area contributed by atoms with Gasteiger partial charge < -0.3 is 15.6 Å². The van der Waals surface area contributed by atoms with Gasteiger partial charge in [0.25, 0.3) is 5.56 Å². The van der Waals surface area contributed by atoms with Gasteiger partial charge in [-0.2, -0.15) is 0 Å². The first-order valence-electron chi connectivity index (χ1n) is 6.08. The number of nitrogens with zero attached hydrogens (tertiary/aromatic N) is 1. The third kappa shape index (κ3) is 3.77. The average molecular weight is 326 g/mol. The molecule has 0 atom stereocenters. The summed E-state index contributed by atoms with van der Waals surface area (Å²) in [6.45, 7) is 1.65. The second-order valence-electron chi connectivity index (χ2n) is 4.56. The van der Waals surface area contributed by atoms with Crippen LogP contribution >= 0.6 is 23.2 Å². The lowest BCUT2D eigenvalue weighted by molar-refractivity contribution is -0.116. The van der Waals surface area contributed by atoms with Gasteiger partial charge in [0.05, 0.1) is 10.7 Å². The van der Waals surface area contributed by atoms with Crippen LogP contribution in [-0.2, 0) is 11.3 Å². The van der Waals surface area contributed by atoms with Gasteiger partial charge in [-0.1, -0.05) is 23.2 Å². The maximum atomic E-state index is 12.0. The molecule has 110 valence electrons. The van der Waals surface area contributed by atoms with E-state index in [0.717, 1.165) is 5.56 Å². The number of nitrogens with two attached hydrogens (primary N) is 1. The Morgan fingerprint density at radius 2 is 2.00 bits per heavy atom. The fraction of sp³-hybridized carbons (Fsp3) is 0.143. The van der Waals surface area contributed by atoms with Crippen LogP contribution in [0.2, 0.25) is 10.0 Å². The largest absolute Gasteiger partial charge is 0.398 e. The van der Waals surface area contributed by atoms with E-state index in [1.807, 2.05) is 6.92 Å². The average Bonchev–Trinajstić information content (AvgIpc) is 2.40. The van der Waals surface area contributed by atoms with E-state index in [0.29, 0.717) is 21.4 Å². The van der Waals surface area contributed by atoms with Gasteiger partial charge in [-0.3, -0.25) is 9.59 Å². The summed E-state index contributed by atoms with van der Waals surface area (Å²) in [6.07, 6.45) is 1.41. The van der Waals surface area contributed by atoms with Gasteiger partial charge >= 0.3 is 0 Å². The molecule has 1 aromatic carbocycles. The van der Waals surface area contributed by atoms with Crippen LogP contribution < -0.4 is 16.6 Å². The van der Waals surface area contributed by atoms with Crippen molar-refractivity contribution in [1.82, 2.24) is 4.57 Å². The van der Waals surface area contributed by atoms with Crippen LogP contribution in [0.3, 0.4) is 0 Å². The van der Waals surface area contributed by atoms with Crippen molar-refractivity contribution in [2.24, 2.45) is 0 Å². The molecule has 21 heavy (non-hydrogen) atoms. The lowest BCUT2D eigenvalue weighted by Crippen LogP contribution is -2.27. The maximum absolute atomic E-state index is 12.0. The van der Waals surface area contributed by atoms with Crippen molar-refractivity contribution in [1.29, 1.82) is 0 Å². The smallest absolute Gasteiger partial charge is 0.251 e. The fourth-order valence-corrected chi connectivity index (χ4v) is 2.19. The number of anilines is 2. The van der Waals surface area contributed by atoms with E-state index < -0.39 is 5.91 Å². The number of hydrogen-bond acceptors (Lipinski definition) is 3. The Kier molecular flexibility index (Phi) is 4.55. The molecule has 3 N–H and O–H groups in total. The van der Waals surface area contributed by atoms with E-state index >= 15 is 0 Å². The summed E-state index contributed by atoms with van der Waals surface area (Å²) in [5, 5.41) is 3.49. The number of hydrogen-bond donors (Lipinski definition) is 2. The number of carbonyl (C=O) groups excluding carboxylic acids is 1. The Hall–Kier alpha value is -1.98. The predicted molar refractivity (Wildman–Crippen MR) is 84.9 cm³/mol. The summed E-state index contributed by atoms with van der Waals surface area (Å²) in [6, 6.07) is 6.01. The van der Waals surface area contributed by atoms with E-state index in [1.54, 1.807) is 12.1 Å². The number of nitrogen functional groups attached to an aromatic ring is 1. The van der Waals surface area contributed by atoms with Crippen LogP contribution in [0.15, 0.2) is 35.3 Å². The molecule has 7 heteroatoms. The molecule has 5 nitrogen and oxygen atoms in total. The van der Waals surface area contributed by atoms with E-state index in [1.165, 1.54) is 22.9 Å². The Bertz CT molecular complexity index is 756. The fourth-order valence-electron chi connectivity index (χ4n) is 1.76. The molecule has 2 rings (SSSR count). The number of rotatable bonds is 3. The standard InChI is InChI=1S/C14H13Cl2N3O2/c1-8-4-11(16)12(5-10(8)15)18-13(20)7-19-6-9(17)2-3-14(19)21/h2-6H,7,17H2,1H3,(H,18,20). The summed E-state index contributed by atoms with van der Waals surface area (Å²) < 4.78 is 1.22. The minimum Gasteiger partial charge on any atom is -0.398 e. The molecule has 0 radical (unpaired) electrons. The van der Waals surface area contributed by atoms with Crippen LogP contribution in [0.1, 0.15) is 5.56 Å². The van der Waals surface area contributed by atoms with E-state index in [9.17, 15) is 9.59 Å². The maximum Gasteiger partial charge on any atom is 0.251 e. The topological polar surface area (TPSA) is 77.1 Å². The number of nitrogens with one attached hydrogen (secondary N) is 1. The number of halogens is 2. The van der Waals surface area contributed by atoms with Crippen molar-refractivity contribution in [3.05, 3.63) is 56.4 Å². The number of aromatic nitrogens is 1. The first-order chi connectivity index (χ1) is 9.86. The Balaban J connectivity index is 2.17. The number of aryl methyl sites for hydroxylation is 1. The highest BCUT2D eigenvalue weighted by Crippen LogP contribution is 2.28. The lowest BCUT2D eigenvalue weighted by atomic mass is 10.2. The monoisotopic (exact) mass is 325 g/mol. The number of carbonyl (C=O) groups is 1. The Labute approximate surface area is 131 Å². The van der Waals surface area contributed by atoms with Gasteiger partial charge in [-0.15, -0.1) is 0 Å². The minimum atomic E-state index is -0.399. The van der Waals surface area contributed by atoms with E-state index in [4.69, 9.17) is 28.9 Å². The highest BCUT2D eigenvalue weighted by atomic mass is 35.5. The third-order valence-corrected chi connectivity index (χ3v) is 3.56.